The van der Waals surface area contributed by atoms with Gasteiger partial charge in [-0.2, -0.15) is 5.26 Å². The molecule has 0 spiro atoms. The van der Waals surface area contributed by atoms with Crippen LogP contribution in [-0.2, 0) is 4.79 Å². The summed E-state index contributed by atoms with van der Waals surface area (Å²) in [4.78, 5) is 10.8. The fourth-order valence-electron chi connectivity index (χ4n) is 0.627. The number of nitriles is 1. The lowest BCUT2D eigenvalue weighted by atomic mass is 10.1. The van der Waals surface area contributed by atoms with Crippen molar-refractivity contribution in [3.8, 4) is 5.40 Å². The van der Waals surface area contributed by atoms with E-state index in [2.05, 4.69) is 0 Å². The molecule has 0 aromatic carbocycles. The SMILES string of the molecule is CC(C)CC(=O)CSC#N. The van der Waals surface area contributed by atoms with Crippen molar-refractivity contribution in [3.63, 3.8) is 0 Å². The van der Waals surface area contributed by atoms with Gasteiger partial charge in [0.15, 0.2) is 0 Å². The smallest absolute Gasteiger partial charge is 0.144 e. The number of hydrogen-bond donors (Lipinski definition) is 0. The highest BCUT2D eigenvalue weighted by atomic mass is 32.2. The Kier molecular flexibility index (Phi) is 5.05. The van der Waals surface area contributed by atoms with Crippen molar-refractivity contribution >= 4 is 17.5 Å². The molecule has 56 valence electrons. The zero-order valence-electron chi connectivity index (χ0n) is 6.26. The summed E-state index contributed by atoms with van der Waals surface area (Å²) in [6.45, 7) is 3.99. The minimum Gasteiger partial charge on any atom is -0.299 e. The number of thiocyanates is 1. The van der Waals surface area contributed by atoms with E-state index in [0.29, 0.717) is 18.1 Å². The molecule has 0 aliphatic rings. The fourth-order valence-corrected chi connectivity index (χ4v) is 0.970. The maximum atomic E-state index is 10.8. The van der Waals surface area contributed by atoms with Crippen LogP contribution in [0.15, 0.2) is 0 Å². The molecule has 0 saturated carbocycles. The van der Waals surface area contributed by atoms with Crippen LogP contribution in [0.4, 0.5) is 0 Å². The molecule has 0 saturated heterocycles. The molecule has 3 heteroatoms. The minimum absolute atomic E-state index is 0.168. The summed E-state index contributed by atoms with van der Waals surface area (Å²) in [5, 5.41) is 9.98. The standard InChI is InChI=1S/C7H11NOS/c1-6(2)3-7(9)4-10-5-8/h6H,3-4H2,1-2H3. The van der Waals surface area contributed by atoms with Gasteiger partial charge in [-0.05, 0) is 17.7 Å². The lowest BCUT2D eigenvalue weighted by Gasteiger charge is -1.99. The summed E-state index contributed by atoms with van der Waals surface area (Å²) in [6, 6.07) is 0. The average molecular weight is 157 g/mol. The quantitative estimate of drug-likeness (QED) is 0.584. The minimum atomic E-state index is 0.168. The number of ketones is 1. The van der Waals surface area contributed by atoms with E-state index in [1.807, 2.05) is 19.2 Å². The Morgan fingerprint density at radius 2 is 2.30 bits per heavy atom. The van der Waals surface area contributed by atoms with Gasteiger partial charge < -0.3 is 0 Å². The van der Waals surface area contributed by atoms with Crippen LogP contribution in [0.25, 0.3) is 0 Å². The van der Waals surface area contributed by atoms with E-state index in [4.69, 9.17) is 5.26 Å². The van der Waals surface area contributed by atoms with Crippen LogP contribution in [0.5, 0.6) is 0 Å². The highest BCUT2D eigenvalue weighted by molar-refractivity contribution is 8.04. The van der Waals surface area contributed by atoms with Crippen LogP contribution in [-0.4, -0.2) is 11.5 Å². The van der Waals surface area contributed by atoms with E-state index in [1.165, 1.54) is 0 Å². The zero-order chi connectivity index (χ0) is 7.98. The van der Waals surface area contributed by atoms with Gasteiger partial charge in [0.25, 0.3) is 0 Å². The van der Waals surface area contributed by atoms with Gasteiger partial charge in [-0.25, -0.2) is 0 Å². The number of rotatable bonds is 4. The molecule has 0 unspecified atom stereocenters. The molecular weight excluding hydrogens is 146 g/mol. The Bertz CT molecular complexity index is 148. The first kappa shape index (κ1) is 9.51. The van der Waals surface area contributed by atoms with Crippen molar-refractivity contribution in [1.82, 2.24) is 0 Å². The summed E-state index contributed by atoms with van der Waals surface area (Å²) < 4.78 is 0. The highest BCUT2D eigenvalue weighted by Gasteiger charge is 2.03. The predicted molar refractivity (Wildman–Crippen MR) is 42.5 cm³/mol. The Morgan fingerprint density at radius 3 is 2.70 bits per heavy atom. The molecule has 10 heavy (non-hydrogen) atoms. The molecule has 0 aromatic heterocycles. The van der Waals surface area contributed by atoms with Gasteiger partial charge in [-0.1, -0.05) is 13.8 Å². The van der Waals surface area contributed by atoms with E-state index in [9.17, 15) is 4.79 Å². The summed E-state index contributed by atoms with van der Waals surface area (Å²) in [7, 11) is 0. The second-order valence-electron chi connectivity index (χ2n) is 2.52. The molecule has 0 rings (SSSR count). The number of carbonyl (C=O) groups is 1. The Balaban J connectivity index is 3.37. The van der Waals surface area contributed by atoms with Crippen molar-refractivity contribution in [3.05, 3.63) is 0 Å². The lowest BCUT2D eigenvalue weighted by Crippen LogP contribution is -2.04. The molecular formula is C7H11NOS. The van der Waals surface area contributed by atoms with Crippen molar-refractivity contribution in [2.75, 3.05) is 5.75 Å². The number of carbonyl (C=O) groups excluding carboxylic acids is 1. The second-order valence-corrected chi connectivity index (χ2v) is 3.28. The van der Waals surface area contributed by atoms with Crippen molar-refractivity contribution in [1.29, 1.82) is 5.26 Å². The Labute approximate surface area is 65.6 Å². The monoisotopic (exact) mass is 157 g/mol. The Hall–Kier alpha value is -0.490. The van der Waals surface area contributed by atoms with Crippen molar-refractivity contribution < 1.29 is 4.79 Å². The summed E-state index contributed by atoms with van der Waals surface area (Å²) in [5.41, 5.74) is 0. The number of thioether (sulfide) groups is 1. The molecule has 0 aromatic rings. The molecule has 0 amide bonds. The molecule has 0 aliphatic heterocycles. The third kappa shape index (κ3) is 5.64. The molecule has 0 bridgehead atoms. The van der Waals surface area contributed by atoms with Gasteiger partial charge in [0, 0.05) is 6.42 Å². The topological polar surface area (TPSA) is 40.9 Å². The van der Waals surface area contributed by atoms with Crippen LogP contribution in [0, 0.1) is 16.6 Å². The number of hydrogen-bond acceptors (Lipinski definition) is 3. The first-order valence-electron chi connectivity index (χ1n) is 3.19. The van der Waals surface area contributed by atoms with Crippen LogP contribution < -0.4 is 0 Å². The number of nitrogens with zero attached hydrogens (tertiary/aromatic N) is 1. The molecule has 0 heterocycles. The van der Waals surface area contributed by atoms with E-state index in [0.717, 1.165) is 11.8 Å². The summed E-state index contributed by atoms with van der Waals surface area (Å²) in [5.74, 6) is 0.919. The third-order valence-corrected chi connectivity index (χ3v) is 1.53. The zero-order valence-corrected chi connectivity index (χ0v) is 7.07. The van der Waals surface area contributed by atoms with Crippen LogP contribution >= 0.6 is 11.8 Å². The number of Topliss-reactive ketones (excluding diaryl/α,β-unsaturated/α-hetero) is 1. The van der Waals surface area contributed by atoms with Crippen molar-refractivity contribution in [2.24, 2.45) is 5.92 Å². The average Bonchev–Trinajstić information content (AvgIpc) is 1.82. The van der Waals surface area contributed by atoms with Gasteiger partial charge in [0.05, 0.1) is 5.75 Å². The van der Waals surface area contributed by atoms with Crippen LogP contribution in [0.2, 0.25) is 0 Å². The van der Waals surface area contributed by atoms with Gasteiger partial charge >= 0.3 is 0 Å². The lowest BCUT2D eigenvalue weighted by molar-refractivity contribution is -0.117. The van der Waals surface area contributed by atoms with E-state index >= 15 is 0 Å². The van der Waals surface area contributed by atoms with Gasteiger partial charge in [0.2, 0.25) is 0 Å². The normalized spacial score (nSPS) is 9.40. The molecule has 0 N–H and O–H groups in total. The summed E-state index contributed by atoms with van der Waals surface area (Å²) in [6.07, 6.45) is 0.592. The van der Waals surface area contributed by atoms with Gasteiger partial charge in [-0.3, -0.25) is 4.79 Å². The van der Waals surface area contributed by atoms with E-state index in [1.54, 1.807) is 0 Å². The van der Waals surface area contributed by atoms with Crippen molar-refractivity contribution in [2.45, 2.75) is 20.3 Å². The van der Waals surface area contributed by atoms with Gasteiger partial charge in [-0.15, -0.1) is 0 Å². The highest BCUT2D eigenvalue weighted by Crippen LogP contribution is 2.04. The van der Waals surface area contributed by atoms with Crippen LogP contribution in [0.3, 0.4) is 0 Å². The molecule has 0 aliphatic carbocycles. The maximum absolute atomic E-state index is 10.8. The second kappa shape index (κ2) is 5.31. The first-order chi connectivity index (χ1) is 4.66. The molecule has 2 nitrogen and oxygen atoms in total. The molecule has 0 radical (unpaired) electrons. The third-order valence-electron chi connectivity index (χ3n) is 0.934. The van der Waals surface area contributed by atoms with Gasteiger partial charge in [0.1, 0.15) is 11.2 Å². The largest absolute Gasteiger partial charge is 0.299 e. The van der Waals surface area contributed by atoms with E-state index < -0.39 is 0 Å². The van der Waals surface area contributed by atoms with Crippen LogP contribution in [0.1, 0.15) is 20.3 Å². The van der Waals surface area contributed by atoms with E-state index in [-0.39, 0.29) is 5.78 Å². The predicted octanol–water partition coefficient (Wildman–Crippen LogP) is 1.82. The first-order valence-corrected chi connectivity index (χ1v) is 4.18. The summed E-state index contributed by atoms with van der Waals surface area (Å²) >= 11 is 1.01. The Morgan fingerprint density at radius 1 is 1.70 bits per heavy atom. The molecule has 0 fully saturated rings. The maximum Gasteiger partial charge on any atom is 0.144 e. The molecule has 0 atom stereocenters. The fraction of sp³-hybridized carbons (Fsp3) is 0.714.